The van der Waals surface area contributed by atoms with Gasteiger partial charge in [-0.25, -0.2) is 9.97 Å². The molecule has 1 aromatic heterocycles. The number of carbonyl (C=O) groups excluding carboxylic acids is 1. The van der Waals surface area contributed by atoms with Crippen LogP contribution in [0.25, 0.3) is 0 Å². The molecule has 0 radical (unpaired) electrons. The van der Waals surface area contributed by atoms with Crippen LogP contribution in [-0.2, 0) is 4.74 Å². The van der Waals surface area contributed by atoms with Crippen LogP contribution in [0.4, 0.5) is 5.69 Å². The smallest absolute Gasteiger partial charge is 0.272 e. The van der Waals surface area contributed by atoms with Gasteiger partial charge in [-0.2, -0.15) is 0 Å². The minimum atomic E-state index is -0.245. The van der Waals surface area contributed by atoms with Gasteiger partial charge in [0.25, 0.3) is 5.91 Å². The maximum atomic E-state index is 12.2. The van der Waals surface area contributed by atoms with Crippen molar-refractivity contribution >= 4 is 11.6 Å². The Labute approximate surface area is 119 Å². The summed E-state index contributed by atoms with van der Waals surface area (Å²) in [6.45, 7) is 7.32. The molecule has 1 aromatic rings. The van der Waals surface area contributed by atoms with Crippen molar-refractivity contribution in [2.45, 2.75) is 39.2 Å². The fraction of sp³-hybridized carbons (Fsp3) is 0.643. The molecule has 0 spiro atoms. The molecule has 3 N–H and O–H groups in total. The van der Waals surface area contributed by atoms with Gasteiger partial charge in [0.2, 0.25) is 0 Å². The number of nitrogens with one attached hydrogen (secondary N) is 1. The molecule has 0 aromatic carbocycles. The maximum Gasteiger partial charge on any atom is 0.272 e. The number of nitrogens with zero attached hydrogens (tertiary/aromatic N) is 2. The summed E-state index contributed by atoms with van der Waals surface area (Å²) in [5.74, 6) is 0.893. The normalized spacial score (nSPS) is 22.2. The predicted molar refractivity (Wildman–Crippen MR) is 76.4 cm³/mol. The molecule has 1 fully saturated rings. The predicted octanol–water partition coefficient (Wildman–Crippen LogP) is 1.34. The monoisotopic (exact) mass is 278 g/mol. The SMILES string of the molecule is CC(C)c1ncc(N)c(C(=O)NCC2CCOC2C)n1. The topological polar surface area (TPSA) is 90.1 Å². The molecule has 110 valence electrons. The van der Waals surface area contributed by atoms with Gasteiger partial charge in [0.05, 0.1) is 18.0 Å². The Hall–Kier alpha value is -1.69. The molecule has 2 heterocycles. The Morgan fingerprint density at radius 1 is 1.60 bits per heavy atom. The van der Waals surface area contributed by atoms with Gasteiger partial charge in [0.15, 0.2) is 5.69 Å². The molecular formula is C14H22N4O2. The van der Waals surface area contributed by atoms with Crippen LogP contribution in [0, 0.1) is 5.92 Å². The van der Waals surface area contributed by atoms with E-state index in [4.69, 9.17) is 10.5 Å². The zero-order valence-electron chi connectivity index (χ0n) is 12.2. The first-order valence-electron chi connectivity index (χ1n) is 7.01. The average molecular weight is 278 g/mol. The minimum absolute atomic E-state index is 0.158. The Bertz CT molecular complexity index is 490. The van der Waals surface area contributed by atoms with Crippen LogP contribution in [0.2, 0.25) is 0 Å². The summed E-state index contributed by atoms with van der Waals surface area (Å²) in [5, 5.41) is 2.89. The average Bonchev–Trinajstić information content (AvgIpc) is 2.81. The first kappa shape index (κ1) is 14.7. The fourth-order valence-corrected chi connectivity index (χ4v) is 2.22. The second kappa shape index (κ2) is 6.17. The van der Waals surface area contributed by atoms with Crippen LogP contribution >= 0.6 is 0 Å². The van der Waals surface area contributed by atoms with Crippen molar-refractivity contribution in [3.63, 3.8) is 0 Å². The Morgan fingerprint density at radius 3 is 2.95 bits per heavy atom. The van der Waals surface area contributed by atoms with E-state index in [9.17, 15) is 4.79 Å². The quantitative estimate of drug-likeness (QED) is 0.867. The van der Waals surface area contributed by atoms with Crippen molar-refractivity contribution in [1.82, 2.24) is 15.3 Å². The molecule has 0 saturated carbocycles. The summed E-state index contributed by atoms with van der Waals surface area (Å²) in [7, 11) is 0. The fourth-order valence-electron chi connectivity index (χ4n) is 2.22. The van der Waals surface area contributed by atoms with Crippen LogP contribution in [0.5, 0.6) is 0 Å². The Morgan fingerprint density at radius 2 is 2.35 bits per heavy atom. The van der Waals surface area contributed by atoms with Crippen molar-refractivity contribution in [1.29, 1.82) is 0 Å². The molecule has 2 atom stereocenters. The molecule has 1 aliphatic rings. The van der Waals surface area contributed by atoms with Gasteiger partial charge < -0.3 is 15.8 Å². The molecule has 20 heavy (non-hydrogen) atoms. The van der Waals surface area contributed by atoms with Crippen LogP contribution in [0.3, 0.4) is 0 Å². The molecule has 2 rings (SSSR count). The third kappa shape index (κ3) is 3.25. The third-order valence-corrected chi connectivity index (χ3v) is 3.63. The summed E-state index contributed by atoms with van der Waals surface area (Å²) in [5.41, 5.74) is 6.36. The largest absolute Gasteiger partial charge is 0.396 e. The lowest BCUT2D eigenvalue weighted by molar-refractivity contribution is 0.0903. The van der Waals surface area contributed by atoms with Crippen molar-refractivity contribution in [3.8, 4) is 0 Å². The first-order valence-corrected chi connectivity index (χ1v) is 7.01. The summed E-state index contributed by atoms with van der Waals surface area (Å²) in [6, 6.07) is 0. The summed E-state index contributed by atoms with van der Waals surface area (Å²) in [6.07, 6.45) is 2.65. The number of ether oxygens (including phenoxy) is 1. The maximum absolute atomic E-state index is 12.2. The van der Waals surface area contributed by atoms with Crippen LogP contribution < -0.4 is 11.1 Å². The summed E-state index contributed by atoms with van der Waals surface area (Å²) < 4.78 is 5.48. The van der Waals surface area contributed by atoms with Crippen LogP contribution in [0.1, 0.15) is 49.4 Å². The summed E-state index contributed by atoms with van der Waals surface area (Å²) >= 11 is 0. The number of carbonyl (C=O) groups is 1. The van der Waals surface area contributed by atoms with E-state index in [-0.39, 0.29) is 23.6 Å². The molecule has 2 unspecified atom stereocenters. The van der Waals surface area contributed by atoms with Crippen molar-refractivity contribution in [3.05, 3.63) is 17.7 Å². The summed E-state index contributed by atoms with van der Waals surface area (Å²) in [4.78, 5) is 20.6. The number of amides is 1. The van der Waals surface area contributed by atoms with Crippen LogP contribution in [-0.4, -0.2) is 35.1 Å². The lowest BCUT2D eigenvalue weighted by atomic mass is 10.0. The van der Waals surface area contributed by atoms with Gasteiger partial charge in [-0.15, -0.1) is 0 Å². The van der Waals surface area contributed by atoms with E-state index >= 15 is 0 Å². The van der Waals surface area contributed by atoms with Gasteiger partial charge in [-0.05, 0) is 13.3 Å². The Balaban J connectivity index is 2.03. The number of hydrogen-bond donors (Lipinski definition) is 2. The molecule has 1 aliphatic heterocycles. The van der Waals surface area contributed by atoms with Crippen LogP contribution in [0.15, 0.2) is 6.20 Å². The van der Waals surface area contributed by atoms with E-state index in [2.05, 4.69) is 15.3 Å². The van der Waals surface area contributed by atoms with E-state index in [1.165, 1.54) is 6.20 Å². The van der Waals surface area contributed by atoms with Gasteiger partial charge in [-0.1, -0.05) is 13.8 Å². The highest BCUT2D eigenvalue weighted by Crippen LogP contribution is 2.19. The second-order valence-corrected chi connectivity index (χ2v) is 5.52. The van der Waals surface area contributed by atoms with Gasteiger partial charge >= 0.3 is 0 Å². The number of hydrogen-bond acceptors (Lipinski definition) is 5. The Kier molecular flexibility index (Phi) is 4.54. The van der Waals surface area contributed by atoms with Crippen molar-refractivity contribution < 1.29 is 9.53 Å². The van der Waals surface area contributed by atoms with Gasteiger partial charge in [-0.3, -0.25) is 4.79 Å². The zero-order chi connectivity index (χ0) is 14.7. The van der Waals surface area contributed by atoms with E-state index in [0.29, 0.717) is 24.0 Å². The van der Waals surface area contributed by atoms with Gasteiger partial charge in [0, 0.05) is 25.0 Å². The number of nitrogen functional groups attached to an aromatic ring is 1. The number of anilines is 1. The molecule has 0 bridgehead atoms. The van der Waals surface area contributed by atoms with E-state index in [1.54, 1.807) is 0 Å². The minimum Gasteiger partial charge on any atom is -0.396 e. The van der Waals surface area contributed by atoms with Crippen molar-refractivity contribution in [2.24, 2.45) is 5.92 Å². The molecular weight excluding hydrogens is 256 g/mol. The molecule has 1 saturated heterocycles. The highest BCUT2D eigenvalue weighted by Gasteiger charge is 2.25. The third-order valence-electron chi connectivity index (χ3n) is 3.63. The lowest BCUT2D eigenvalue weighted by Crippen LogP contribution is -2.33. The van der Waals surface area contributed by atoms with Gasteiger partial charge in [0.1, 0.15) is 5.82 Å². The lowest BCUT2D eigenvalue weighted by Gasteiger charge is -2.15. The molecule has 0 aliphatic carbocycles. The standard InChI is InChI=1S/C14H22N4O2/c1-8(2)13-16-7-11(15)12(18-13)14(19)17-6-10-4-5-20-9(10)3/h7-10H,4-6,15H2,1-3H3,(H,17,19). The highest BCUT2D eigenvalue weighted by molar-refractivity contribution is 5.96. The molecule has 6 heteroatoms. The molecule has 1 amide bonds. The van der Waals surface area contributed by atoms with E-state index in [0.717, 1.165) is 13.0 Å². The molecule has 6 nitrogen and oxygen atoms in total. The van der Waals surface area contributed by atoms with Crippen molar-refractivity contribution in [2.75, 3.05) is 18.9 Å². The zero-order valence-corrected chi connectivity index (χ0v) is 12.2. The number of aromatic nitrogens is 2. The number of nitrogens with two attached hydrogens (primary N) is 1. The van der Waals surface area contributed by atoms with E-state index in [1.807, 2.05) is 20.8 Å². The van der Waals surface area contributed by atoms with E-state index < -0.39 is 0 Å². The highest BCUT2D eigenvalue weighted by atomic mass is 16.5. The number of rotatable bonds is 4. The second-order valence-electron chi connectivity index (χ2n) is 5.52. The first-order chi connectivity index (χ1) is 9.49.